The van der Waals surface area contributed by atoms with Crippen molar-refractivity contribution in [3.63, 3.8) is 0 Å². The smallest absolute Gasteiger partial charge is 0.269 e. The molecule has 3 rings (SSSR count). The quantitative estimate of drug-likeness (QED) is 0.750. The van der Waals surface area contributed by atoms with Crippen LogP contribution in [0, 0.1) is 6.92 Å². The molecule has 0 bridgehead atoms. The van der Waals surface area contributed by atoms with E-state index >= 15 is 0 Å². The number of halogens is 1. The van der Waals surface area contributed by atoms with Gasteiger partial charge in [0.05, 0.1) is 40.4 Å². The van der Waals surface area contributed by atoms with Crippen molar-refractivity contribution in [3.05, 3.63) is 51.4 Å². The number of hydrogen-bond donors (Lipinski definition) is 2. The summed E-state index contributed by atoms with van der Waals surface area (Å²) < 4.78 is 1.70. The molecule has 0 atom stereocenters. The van der Waals surface area contributed by atoms with Crippen LogP contribution in [0.25, 0.3) is 16.7 Å². The minimum absolute atomic E-state index is 0.136. The van der Waals surface area contributed by atoms with Crippen molar-refractivity contribution < 1.29 is 5.11 Å². The molecule has 7 heteroatoms. The van der Waals surface area contributed by atoms with Gasteiger partial charge in [-0.3, -0.25) is 4.79 Å². The van der Waals surface area contributed by atoms with Gasteiger partial charge in [0.25, 0.3) is 5.56 Å². The van der Waals surface area contributed by atoms with Gasteiger partial charge < -0.3 is 14.7 Å². The second-order valence-electron chi connectivity index (χ2n) is 4.40. The largest absolute Gasteiger partial charge is 0.390 e. The van der Waals surface area contributed by atoms with Crippen LogP contribution in [0.15, 0.2) is 29.5 Å². The molecule has 102 valence electrons. The van der Waals surface area contributed by atoms with E-state index in [2.05, 4.69) is 15.0 Å². The molecule has 0 amide bonds. The average Bonchev–Trinajstić information content (AvgIpc) is 2.89. The third-order valence-corrected chi connectivity index (χ3v) is 3.31. The number of aromatic amines is 1. The molecule has 1 aromatic carbocycles. The van der Waals surface area contributed by atoms with Gasteiger partial charge in [-0.15, -0.1) is 0 Å². The molecule has 2 N–H and O–H groups in total. The number of rotatable bonds is 2. The molecular weight excluding hydrogens is 280 g/mol. The maximum atomic E-state index is 11.5. The fourth-order valence-corrected chi connectivity index (χ4v) is 2.22. The number of fused-ring (bicyclic) bond motifs is 1. The van der Waals surface area contributed by atoms with Crippen LogP contribution in [-0.4, -0.2) is 24.6 Å². The van der Waals surface area contributed by atoms with E-state index in [4.69, 9.17) is 16.7 Å². The Kier molecular flexibility index (Phi) is 3.04. The average molecular weight is 291 g/mol. The highest BCUT2D eigenvalue weighted by molar-refractivity contribution is 6.33. The highest BCUT2D eigenvalue weighted by atomic mass is 35.5. The summed E-state index contributed by atoms with van der Waals surface area (Å²) in [7, 11) is 0. The van der Waals surface area contributed by atoms with Gasteiger partial charge in [0, 0.05) is 6.20 Å². The van der Waals surface area contributed by atoms with Crippen molar-refractivity contribution in [1.82, 2.24) is 19.5 Å². The highest BCUT2D eigenvalue weighted by Crippen LogP contribution is 2.25. The second-order valence-corrected chi connectivity index (χ2v) is 4.81. The number of aromatic nitrogens is 4. The van der Waals surface area contributed by atoms with Crippen molar-refractivity contribution in [3.8, 4) is 5.69 Å². The lowest BCUT2D eigenvalue weighted by Crippen LogP contribution is -2.11. The Balaban J connectivity index is 2.23. The maximum Gasteiger partial charge on any atom is 0.269 e. The lowest BCUT2D eigenvalue weighted by atomic mass is 10.2. The van der Waals surface area contributed by atoms with Crippen LogP contribution >= 0.6 is 11.6 Å². The van der Waals surface area contributed by atoms with Crippen LogP contribution in [0.2, 0.25) is 5.02 Å². The predicted octanol–water partition coefficient (Wildman–Crippen LogP) is 1.56. The number of aliphatic hydroxyl groups is 1. The number of benzene rings is 1. The maximum absolute atomic E-state index is 11.5. The Morgan fingerprint density at radius 2 is 2.25 bits per heavy atom. The highest BCUT2D eigenvalue weighted by Gasteiger charge is 2.09. The van der Waals surface area contributed by atoms with E-state index in [9.17, 15) is 4.79 Å². The molecule has 0 saturated carbocycles. The molecular formula is C13H11ClN4O2. The fraction of sp³-hybridized carbons (Fsp3) is 0.154. The number of nitrogens with one attached hydrogen (secondary N) is 1. The Morgan fingerprint density at radius 3 is 2.95 bits per heavy atom. The third kappa shape index (κ3) is 2.09. The Labute approximate surface area is 118 Å². The van der Waals surface area contributed by atoms with Crippen LogP contribution in [0.3, 0.4) is 0 Å². The van der Waals surface area contributed by atoms with Gasteiger partial charge in [-0.2, -0.15) is 0 Å². The first-order chi connectivity index (χ1) is 9.58. The number of aryl methyl sites for hydroxylation is 1. The molecule has 0 aliphatic carbocycles. The van der Waals surface area contributed by atoms with Gasteiger partial charge in [-0.25, -0.2) is 9.97 Å². The van der Waals surface area contributed by atoms with E-state index in [0.29, 0.717) is 33.1 Å². The molecule has 0 aliphatic heterocycles. The molecule has 0 fully saturated rings. The first-order valence-corrected chi connectivity index (χ1v) is 6.30. The topological polar surface area (TPSA) is 83.8 Å². The second kappa shape index (κ2) is 4.73. The summed E-state index contributed by atoms with van der Waals surface area (Å²) >= 11 is 6.22. The van der Waals surface area contributed by atoms with Gasteiger partial charge in [0.2, 0.25) is 0 Å². The lowest BCUT2D eigenvalue weighted by Gasteiger charge is -2.07. The van der Waals surface area contributed by atoms with E-state index in [1.54, 1.807) is 36.1 Å². The molecule has 3 aromatic rings. The third-order valence-electron chi connectivity index (χ3n) is 3.01. The summed E-state index contributed by atoms with van der Waals surface area (Å²) in [6.45, 7) is 1.51. The molecule has 0 aliphatic rings. The molecule has 0 spiro atoms. The molecule has 2 aromatic heterocycles. The molecule has 2 heterocycles. The summed E-state index contributed by atoms with van der Waals surface area (Å²) in [5.74, 6) is 0. The number of nitrogens with zero attached hydrogens (tertiary/aromatic N) is 3. The molecule has 20 heavy (non-hydrogen) atoms. The zero-order valence-corrected chi connectivity index (χ0v) is 11.3. The van der Waals surface area contributed by atoms with E-state index in [1.807, 2.05) is 0 Å². The molecule has 0 saturated heterocycles. The van der Waals surface area contributed by atoms with Crippen LogP contribution < -0.4 is 5.56 Å². The van der Waals surface area contributed by atoms with E-state index < -0.39 is 0 Å². The fourth-order valence-electron chi connectivity index (χ4n) is 1.96. The lowest BCUT2D eigenvalue weighted by molar-refractivity contribution is 0.277. The van der Waals surface area contributed by atoms with Crippen molar-refractivity contribution in [2.24, 2.45) is 0 Å². The summed E-state index contributed by atoms with van der Waals surface area (Å²) in [5.41, 5.74) is 2.62. The number of aliphatic hydroxyl groups excluding tert-OH is 1. The monoisotopic (exact) mass is 290 g/mol. The van der Waals surface area contributed by atoms with E-state index in [0.717, 1.165) is 0 Å². The minimum atomic E-state index is -0.230. The van der Waals surface area contributed by atoms with Crippen molar-refractivity contribution in [2.45, 2.75) is 13.5 Å². The molecule has 0 unspecified atom stereocenters. The SMILES string of the molecule is Cc1nc2cc(-n3cnc(CO)c3)c(Cl)cc2[nH]c1=O. The van der Waals surface area contributed by atoms with Gasteiger partial charge in [-0.1, -0.05) is 11.6 Å². The minimum Gasteiger partial charge on any atom is -0.390 e. The molecule has 6 nitrogen and oxygen atoms in total. The number of imidazole rings is 1. The van der Waals surface area contributed by atoms with Gasteiger partial charge >= 0.3 is 0 Å². The Hall–Kier alpha value is -2.18. The Morgan fingerprint density at radius 1 is 1.45 bits per heavy atom. The summed E-state index contributed by atoms with van der Waals surface area (Å²) in [5, 5.41) is 9.50. The standard InChI is InChI=1S/C13H11ClN4O2/c1-7-13(20)17-10-2-9(14)12(3-11(10)16-7)18-4-8(5-19)15-6-18/h2-4,6,19H,5H2,1H3,(H,17,20). The Bertz CT molecular complexity index is 853. The van der Waals surface area contributed by atoms with Crippen molar-refractivity contribution >= 4 is 22.6 Å². The summed E-state index contributed by atoms with van der Waals surface area (Å²) in [6.07, 6.45) is 3.25. The van der Waals surface area contributed by atoms with E-state index in [-0.39, 0.29) is 12.2 Å². The number of hydrogen-bond acceptors (Lipinski definition) is 4. The molecule has 0 radical (unpaired) electrons. The zero-order valence-electron chi connectivity index (χ0n) is 10.6. The van der Waals surface area contributed by atoms with Crippen LogP contribution in [0.1, 0.15) is 11.4 Å². The first-order valence-electron chi connectivity index (χ1n) is 5.93. The van der Waals surface area contributed by atoms with Crippen LogP contribution in [0.4, 0.5) is 0 Å². The van der Waals surface area contributed by atoms with Gasteiger partial charge in [0.1, 0.15) is 5.69 Å². The van der Waals surface area contributed by atoms with Gasteiger partial charge in [-0.05, 0) is 19.1 Å². The normalized spacial score (nSPS) is 11.2. The van der Waals surface area contributed by atoms with Gasteiger partial charge in [0.15, 0.2) is 0 Å². The van der Waals surface area contributed by atoms with E-state index in [1.165, 1.54) is 0 Å². The summed E-state index contributed by atoms with van der Waals surface area (Å²) in [4.78, 5) is 22.5. The van der Waals surface area contributed by atoms with Crippen molar-refractivity contribution in [2.75, 3.05) is 0 Å². The van der Waals surface area contributed by atoms with Crippen molar-refractivity contribution in [1.29, 1.82) is 0 Å². The van der Waals surface area contributed by atoms with Crippen LogP contribution in [-0.2, 0) is 6.61 Å². The van der Waals surface area contributed by atoms with Crippen LogP contribution in [0.5, 0.6) is 0 Å². The first kappa shape index (κ1) is 12.8. The number of H-pyrrole nitrogens is 1. The summed E-state index contributed by atoms with van der Waals surface area (Å²) in [6, 6.07) is 3.42. The predicted molar refractivity (Wildman–Crippen MR) is 75.2 cm³/mol. The zero-order chi connectivity index (χ0) is 14.3.